The Kier molecular flexibility index (Phi) is 21.3. The first-order valence-corrected chi connectivity index (χ1v) is 25.2. The van der Waals surface area contributed by atoms with E-state index >= 15 is 0 Å². The second-order valence-electron chi connectivity index (χ2n) is 15.4. The van der Waals surface area contributed by atoms with Gasteiger partial charge in [0.2, 0.25) is 0 Å². The van der Waals surface area contributed by atoms with E-state index < -0.39 is 23.1 Å². The van der Waals surface area contributed by atoms with Crippen LogP contribution in [0.4, 0.5) is 17.3 Å². The van der Waals surface area contributed by atoms with Gasteiger partial charge < -0.3 is 32.8 Å². The third kappa shape index (κ3) is 15.1. The molecule has 0 saturated carbocycles. The number of benzene rings is 8. The molecule has 11 aromatic rings. The third-order valence-corrected chi connectivity index (χ3v) is 16.2. The molecule has 0 bridgehead atoms. The van der Waals surface area contributed by atoms with Crippen molar-refractivity contribution in [1.82, 2.24) is 19.9 Å². The van der Waals surface area contributed by atoms with Crippen LogP contribution in [-0.4, -0.2) is 44.9 Å². The molecule has 0 spiro atoms. The topological polar surface area (TPSA) is 106 Å². The molecule has 6 nitrogen and oxygen atoms in total. The molecule has 0 fully saturated rings. The van der Waals surface area contributed by atoms with Crippen molar-refractivity contribution in [2.45, 2.75) is 6.92 Å². The fraction of sp³-hybridized carbons (Fsp3) is 0.0351. The van der Waals surface area contributed by atoms with Gasteiger partial charge in [0, 0.05) is 35.8 Å². The minimum atomic E-state index is -6.00. The molecule has 0 amide bonds. The molecule has 0 atom stereocenters. The molecule has 4 N–H and O–H groups in total. The average molecular weight is 1040 g/mol. The number of rotatable bonds is 7. The van der Waals surface area contributed by atoms with Crippen molar-refractivity contribution in [3.05, 3.63) is 248 Å². The monoisotopic (exact) mass is 1040 g/mol. The van der Waals surface area contributed by atoms with Crippen LogP contribution in [0.3, 0.4) is 0 Å². The maximum absolute atomic E-state index is 9.75. The van der Waals surface area contributed by atoms with Crippen LogP contribution >= 0.6 is 15.8 Å². The number of aryl methyl sites for hydroxylation is 1. The Morgan fingerprint density at radius 1 is 0.408 bits per heavy atom. The van der Waals surface area contributed by atoms with E-state index in [-0.39, 0.29) is 22.5 Å². The van der Waals surface area contributed by atoms with Crippen molar-refractivity contribution in [3.8, 4) is 11.4 Å². The molecule has 3 aromatic heterocycles. The van der Waals surface area contributed by atoms with Crippen molar-refractivity contribution < 1.29 is 44.9 Å². The molecule has 14 heteroatoms. The predicted molar refractivity (Wildman–Crippen MR) is 292 cm³/mol. The summed E-state index contributed by atoms with van der Waals surface area (Å²) in [6.07, 6.45) is 3.61. The number of aliphatic hydroxyl groups excluding tert-OH is 1. The molecule has 0 saturated heterocycles. The zero-order valence-electron chi connectivity index (χ0n) is 38.8. The van der Waals surface area contributed by atoms with Crippen LogP contribution in [0.1, 0.15) is 5.56 Å². The number of hydrogen-bond donors (Lipinski definition) is 2. The Balaban J connectivity index is 0.000000185. The summed E-state index contributed by atoms with van der Waals surface area (Å²) in [7, 11) is -6.75. The van der Waals surface area contributed by atoms with Crippen molar-refractivity contribution in [1.29, 1.82) is 0 Å². The number of pyridine rings is 2. The maximum Gasteiger partial charge on any atom is 1.00 e. The number of H-pyrrole nitrogens is 1. The normalized spacial score (nSPS) is 10.5. The zero-order valence-corrected chi connectivity index (χ0v) is 41.7. The Morgan fingerprint density at radius 3 is 1.03 bits per heavy atom. The van der Waals surface area contributed by atoms with Gasteiger partial charge in [0.05, 0.1) is 37.9 Å². The second kappa shape index (κ2) is 27.5. The van der Waals surface area contributed by atoms with Gasteiger partial charge >= 0.3 is 24.3 Å². The molecular weight excluding hydrogens is 985 g/mol. The van der Waals surface area contributed by atoms with Gasteiger partial charge in [-0.3, -0.25) is 9.97 Å². The Hall–Kier alpha value is -6.87. The molecule has 0 aliphatic heterocycles. The van der Waals surface area contributed by atoms with Crippen LogP contribution in [0, 0.1) is 6.92 Å². The van der Waals surface area contributed by atoms with E-state index in [0.717, 1.165) is 51.3 Å². The number of imidazole rings is 1. The van der Waals surface area contributed by atoms with Gasteiger partial charge in [0.25, 0.3) is 0 Å². The second-order valence-corrected chi connectivity index (χ2v) is 20.4. The molecule has 71 heavy (non-hydrogen) atoms. The van der Waals surface area contributed by atoms with Gasteiger partial charge in [0.1, 0.15) is 37.7 Å². The van der Waals surface area contributed by atoms with Crippen LogP contribution < -0.4 is 31.8 Å². The Labute approximate surface area is 424 Å². The standard InChI is InChI=1S/C20H14N4.2C18H15P.CH4O.BF4.Cu.H2O/c1-12-6-8-13(9-7-12)20-23-18-14-4-2-10-21-16(14)17-15(19(18)24-20)5-3-11-22-17;2*1-4-10-16(11-5-1)19(17-12-6-2-7-13-17)18-14-8-3-9-15-18;1-2;2-1(3,4)5;;/h2-11H,1H3,(H,23,24);2*1-15H;2H,1H3;;;1H2/q;;;;-1;+1;/p+2. The smallest absolute Gasteiger partial charge is 0.418 e. The van der Waals surface area contributed by atoms with E-state index in [9.17, 15) is 17.3 Å². The number of halogens is 4. The predicted octanol–water partition coefficient (Wildman–Crippen LogP) is 11.1. The Morgan fingerprint density at radius 2 is 0.704 bits per heavy atom. The molecule has 3 heterocycles. The van der Waals surface area contributed by atoms with Crippen LogP contribution in [-0.2, 0) is 17.1 Å². The summed E-state index contributed by atoms with van der Waals surface area (Å²) in [5, 5.41) is 17.7. The van der Waals surface area contributed by atoms with Crippen LogP contribution in [0.25, 0.3) is 44.2 Å². The average Bonchev–Trinajstić information content (AvgIpc) is 3.86. The summed E-state index contributed by atoms with van der Waals surface area (Å²) < 4.78 is 39.0. The van der Waals surface area contributed by atoms with E-state index in [1.165, 1.54) is 37.4 Å². The molecule has 8 aromatic carbocycles. The molecule has 0 unspecified atom stereocenters. The van der Waals surface area contributed by atoms with E-state index in [4.69, 9.17) is 10.1 Å². The van der Waals surface area contributed by atoms with Crippen LogP contribution in [0.15, 0.2) is 243 Å². The van der Waals surface area contributed by atoms with Gasteiger partial charge in [-0.1, -0.05) is 139 Å². The first-order chi connectivity index (χ1) is 33.7. The number of aromatic nitrogens is 4. The summed E-state index contributed by atoms with van der Waals surface area (Å²) in [4.78, 5) is 17.4. The number of hydrogen-bond acceptors (Lipinski definition) is 4. The van der Waals surface area contributed by atoms with Crippen molar-refractivity contribution in [2.75, 3.05) is 7.11 Å². The maximum atomic E-state index is 9.75. The van der Waals surface area contributed by atoms with Crippen LogP contribution in [0.5, 0.6) is 0 Å². The number of aromatic amines is 1. The van der Waals surface area contributed by atoms with Crippen molar-refractivity contribution in [3.63, 3.8) is 0 Å². The largest absolute Gasteiger partial charge is 1.00 e. The SMILES string of the molecule is CO.Cc1ccc(-c2nc3c4cccnc4c4ncccc4c3[nH]2)cc1.F[B-](F)(F)F.O.[Cu+].c1ccc([PH+](c2ccccc2)c2ccccc2)cc1.c1ccc([PH+](c2ccccc2)c2ccccc2)cc1. The van der Waals surface area contributed by atoms with Gasteiger partial charge in [-0.25, -0.2) is 4.98 Å². The number of nitrogens with zero attached hydrogens (tertiary/aromatic N) is 3. The summed E-state index contributed by atoms with van der Waals surface area (Å²) in [5.74, 6) is 0.867. The molecule has 0 radical (unpaired) electrons. The van der Waals surface area contributed by atoms with E-state index in [0.29, 0.717) is 0 Å². The zero-order chi connectivity index (χ0) is 48.4. The Bertz CT molecular complexity index is 2880. The van der Waals surface area contributed by atoms with E-state index in [2.05, 4.69) is 240 Å². The van der Waals surface area contributed by atoms with Crippen molar-refractivity contribution >= 4 is 87.8 Å². The van der Waals surface area contributed by atoms with Gasteiger partial charge in [0.15, 0.2) is 0 Å². The quantitative estimate of drug-likeness (QED) is 0.0718. The first-order valence-electron chi connectivity index (χ1n) is 22.2. The fourth-order valence-electron chi connectivity index (χ4n) is 7.82. The van der Waals surface area contributed by atoms with Gasteiger partial charge in [-0.2, -0.15) is 0 Å². The van der Waals surface area contributed by atoms with Crippen molar-refractivity contribution in [2.24, 2.45) is 0 Å². The minimum absolute atomic E-state index is 0. The van der Waals surface area contributed by atoms with E-state index in [1.54, 1.807) is 12.4 Å². The van der Waals surface area contributed by atoms with Gasteiger partial charge in [-0.15, -0.1) is 0 Å². The fourth-order valence-corrected chi connectivity index (χ4v) is 13.0. The molecular formula is C57H52BCuF4N4O2P2+2. The summed E-state index contributed by atoms with van der Waals surface area (Å²) in [5.41, 5.74) is 6.05. The summed E-state index contributed by atoms with van der Waals surface area (Å²) in [6.45, 7) is 2.08. The molecule has 0 aliphatic rings. The molecule has 11 rings (SSSR count). The number of fused-ring (bicyclic) bond motifs is 6. The number of aliphatic hydroxyl groups is 1. The molecule has 0 aliphatic carbocycles. The minimum Gasteiger partial charge on any atom is -0.418 e. The van der Waals surface area contributed by atoms with Crippen LogP contribution in [0.2, 0.25) is 0 Å². The molecule has 362 valence electrons. The first kappa shape index (κ1) is 55.1. The third-order valence-electron chi connectivity index (χ3n) is 10.8. The summed E-state index contributed by atoms with van der Waals surface area (Å²) >= 11 is 0. The van der Waals surface area contributed by atoms with Gasteiger partial charge in [-0.05, 0) is 104 Å². The number of nitrogens with one attached hydrogen (secondary N) is 1. The summed E-state index contributed by atoms with van der Waals surface area (Å²) in [6, 6.07) is 81.4. The van der Waals surface area contributed by atoms with E-state index in [1.807, 2.05) is 12.1 Å².